The second kappa shape index (κ2) is 9.10. The van der Waals surface area contributed by atoms with E-state index in [0.717, 1.165) is 12.8 Å². The SMILES string of the molecule is CCCCCCNC(=O)CCC(=O)c1ccc(Cl)s1. The number of hydrogen-bond donors (Lipinski definition) is 1. The lowest BCUT2D eigenvalue weighted by atomic mass is 10.2. The summed E-state index contributed by atoms with van der Waals surface area (Å²) >= 11 is 7.02. The van der Waals surface area contributed by atoms with Gasteiger partial charge in [0.15, 0.2) is 5.78 Å². The average Bonchev–Trinajstić information content (AvgIpc) is 2.82. The van der Waals surface area contributed by atoms with Crippen molar-refractivity contribution >= 4 is 34.6 Å². The van der Waals surface area contributed by atoms with Gasteiger partial charge in [-0.25, -0.2) is 0 Å². The minimum Gasteiger partial charge on any atom is -0.356 e. The zero-order valence-electron chi connectivity index (χ0n) is 11.2. The number of halogens is 1. The molecule has 3 nitrogen and oxygen atoms in total. The van der Waals surface area contributed by atoms with Gasteiger partial charge in [0.2, 0.25) is 5.91 Å². The second-order valence-corrected chi connectivity index (χ2v) is 6.15. The first kappa shape index (κ1) is 16.2. The average molecular weight is 302 g/mol. The maximum atomic E-state index is 11.7. The van der Waals surface area contributed by atoms with Gasteiger partial charge < -0.3 is 5.32 Å². The molecule has 0 unspecified atom stereocenters. The van der Waals surface area contributed by atoms with E-state index in [1.54, 1.807) is 12.1 Å². The monoisotopic (exact) mass is 301 g/mol. The van der Waals surface area contributed by atoms with Crippen LogP contribution >= 0.6 is 22.9 Å². The zero-order chi connectivity index (χ0) is 14.1. The predicted molar refractivity (Wildman–Crippen MR) is 80.0 cm³/mol. The number of hydrogen-bond acceptors (Lipinski definition) is 3. The third kappa shape index (κ3) is 6.73. The lowest BCUT2D eigenvalue weighted by molar-refractivity contribution is -0.121. The number of nitrogens with one attached hydrogen (secondary N) is 1. The molecular weight excluding hydrogens is 282 g/mol. The Balaban J connectivity index is 2.14. The van der Waals surface area contributed by atoms with Crippen LogP contribution in [0.15, 0.2) is 12.1 Å². The Hall–Kier alpha value is -0.870. The van der Waals surface area contributed by atoms with E-state index in [1.165, 1.54) is 24.2 Å². The summed E-state index contributed by atoms with van der Waals surface area (Å²) in [5, 5.41) is 2.84. The number of carbonyl (C=O) groups is 2. The molecule has 0 aliphatic carbocycles. The number of Topliss-reactive ketones (excluding diaryl/α,β-unsaturated/α-hetero) is 1. The van der Waals surface area contributed by atoms with Gasteiger partial charge in [-0.2, -0.15) is 0 Å². The van der Waals surface area contributed by atoms with Gasteiger partial charge in [0, 0.05) is 19.4 Å². The number of ketones is 1. The molecule has 5 heteroatoms. The standard InChI is InChI=1S/C14H20ClNO2S/c1-2-3-4-5-10-16-14(18)9-6-11(17)12-7-8-13(15)19-12/h7-8H,2-6,9-10H2,1H3,(H,16,18). The molecule has 0 fully saturated rings. The van der Waals surface area contributed by atoms with Crippen molar-refractivity contribution in [3.8, 4) is 0 Å². The molecule has 1 aromatic rings. The van der Waals surface area contributed by atoms with E-state index >= 15 is 0 Å². The Morgan fingerprint density at radius 3 is 2.63 bits per heavy atom. The highest BCUT2D eigenvalue weighted by molar-refractivity contribution is 7.18. The maximum Gasteiger partial charge on any atom is 0.220 e. The molecule has 0 radical (unpaired) electrons. The van der Waals surface area contributed by atoms with E-state index in [2.05, 4.69) is 12.2 Å². The number of rotatable bonds is 9. The summed E-state index contributed by atoms with van der Waals surface area (Å²) in [6.45, 7) is 2.86. The summed E-state index contributed by atoms with van der Waals surface area (Å²) in [7, 11) is 0. The van der Waals surface area contributed by atoms with Crippen molar-refractivity contribution < 1.29 is 9.59 Å². The summed E-state index contributed by atoms with van der Waals surface area (Å²) in [6.07, 6.45) is 5.04. The topological polar surface area (TPSA) is 46.2 Å². The Labute approximate surface area is 123 Å². The van der Waals surface area contributed by atoms with Crippen LogP contribution in [0.3, 0.4) is 0 Å². The fourth-order valence-corrected chi connectivity index (χ4v) is 2.69. The minimum atomic E-state index is -0.0486. The van der Waals surface area contributed by atoms with Crippen molar-refractivity contribution in [1.82, 2.24) is 5.32 Å². The largest absolute Gasteiger partial charge is 0.356 e. The van der Waals surface area contributed by atoms with Gasteiger partial charge in [0.05, 0.1) is 9.21 Å². The molecule has 0 atom stereocenters. The molecule has 0 bridgehead atoms. The number of amides is 1. The van der Waals surface area contributed by atoms with Gasteiger partial charge in [0.25, 0.3) is 0 Å². The molecule has 1 aromatic heterocycles. The molecule has 1 rings (SSSR count). The van der Waals surface area contributed by atoms with Crippen LogP contribution in [0.4, 0.5) is 0 Å². The van der Waals surface area contributed by atoms with Crippen LogP contribution in [0.25, 0.3) is 0 Å². The highest BCUT2D eigenvalue weighted by atomic mass is 35.5. The lowest BCUT2D eigenvalue weighted by Crippen LogP contribution is -2.24. The molecule has 1 heterocycles. The maximum absolute atomic E-state index is 11.7. The van der Waals surface area contributed by atoms with Gasteiger partial charge in [-0.1, -0.05) is 37.8 Å². The van der Waals surface area contributed by atoms with E-state index in [9.17, 15) is 9.59 Å². The molecular formula is C14H20ClNO2S. The van der Waals surface area contributed by atoms with Crippen molar-refractivity contribution in [2.24, 2.45) is 0 Å². The molecule has 0 aliphatic rings. The summed E-state index contributed by atoms with van der Waals surface area (Å²) in [5.41, 5.74) is 0. The molecule has 106 valence electrons. The Morgan fingerprint density at radius 1 is 1.21 bits per heavy atom. The van der Waals surface area contributed by atoms with Crippen molar-refractivity contribution in [2.75, 3.05) is 6.54 Å². The van der Waals surface area contributed by atoms with Crippen LogP contribution in [-0.2, 0) is 4.79 Å². The smallest absolute Gasteiger partial charge is 0.220 e. The van der Waals surface area contributed by atoms with E-state index in [4.69, 9.17) is 11.6 Å². The first-order valence-electron chi connectivity index (χ1n) is 6.68. The van der Waals surface area contributed by atoms with Crippen molar-refractivity contribution in [2.45, 2.75) is 45.4 Å². The predicted octanol–water partition coefficient (Wildman–Crippen LogP) is 4.06. The lowest BCUT2D eigenvalue weighted by Gasteiger charge is -2.04. The Kier molecular flexibility index (Phi) is 7.75. The number of thiophene rings is 1. The van der Waals surface area contributed by atoms with Gasteiger partial charge in [-0.05, 0) is 18.6 Å². The molecule has 1 N–H and O–H groups in total. The highest BCUT2D eigenvalue weighted by Crippen LogP contribution is 2.22. The Morgan fingerprint density at radius 2 is 2.00 bits per heavy atom. The van der Waals surface area contributed by atoms with E-state index < -0.39 is 0 Å². The second-order valence-electron chi connectivity index (χ2n) is 4.44. The van der Waals surface area contributed by atoms with Crippen molar-refractivity contribution in [3.05, 3.63) is 21.3 Å². The van der Waals surface area contributed by atoms with Gasteiger partial charge >= 0.3 is 0 Å². The molecule has 0 aliphatic heterocycles. The molecule has 0 spiro atoms. The molecule has 1 amide bonds. The first-order chi connectivity index (χ1) is 9.13. The minimum absolute atomic E-state index is 0.0157. The van der Waals surface area contributed by atoms with Crippen LogP contribution in [0.1, 0.15) is 55.1 Å². The fourth-order valence-electron chi connectivity index (χ4n) is 1.68. The first-order valence-corrected chi connectivity index (χ1v) is 7.88. The molecule has 0 saturated carbocycles. The third-order valence-electron chi connectivity index (χ3n) is 2.78. The van der Waals surface area contributed by atoms with Gasteiger partial charge in [-0.3, -0.25) is 9.59 Å². The summed E-state index contributed by atoms with van der Waals surface area (Å²) in [5.74, 6) is -0.0643. The van der Waals surface area contributed by atoms with Crippen LogP contribution in [0.5, 0.6) is 0 Å². The number of unbranched alkanes of at least 4 members (excludes halogenated alkanes) is 3. The van der Waals surface area contributed by atoms with Crippen molar-refractivity contribution in [1.29, 1.82) is 0 Å². The van der Waals surface area contributed by atoms with Crippen LogP contribution in [0.2, 0.25) is 4.34 Å². The molecule has 19 heavy (non-hydrogen) atoms. The van der Waals surface area contributed by atoms with E-state index in [0.29, 0.717) is 15.8 Å². The molecule has 0 saturated heterocycles. The van der Waals surface area contributed by atoms with E-state index in [1.807, 2.05) is 0 Å². The Bertz CT molecular complexity index is 417. The third-order valence-corrected chi connectivity index (χ3v) is 4.05. The van der Waals surface area contributed by atoms with Crippen LogP contribution < -0.4 is 5.32 Å². The highest BCUT2D eigenvalue weighted by Gasteiger charge is 2.11. The van der Waals surface area contributed by atoms with Gasteiger partial charge in [-0.15, -0.1) is 11.3 Å². The normalized spacial score (nSPS) is 10.4. The zero-order valence-corrected chi connectivity index (χ0v) is 12.8. The molecule has 0 aromatic carbocycles. The summed E-state index contributed by atoms with van der Waals surface area (Å²) in [4.78, 5) is 23.9. The van der Waals surface area contributed by atoms with Crippen LogP contribution in [-0.4, -0.2) is 18.2 Å². The van der Waals surface area contributed by atoms with Gasteiger partial charge in [0.1, 0.15) is 0 Å². The van der Waals surface area contributed by atoms with Crippen molar-refractivity contribution in [3.63, 3.8) is 0 Å². The summed E-state index contributed by atoms with van der Waals surface area (Å²) < 4.78 is 0.601. The number of carbonyl (C=O) groups excluding carboxylic acids is 2. The fraction of sp³-hybridized carbons (Fsp3) is 0.571. The summed E-state index contributed by atoms with van der Waals surface area (Å²) in [6, 6.07) is 3.41. The quantitative estimate of drug-likeness (QED) is 0.552. The van der Waals surface area contributed by atoms with E-state index in [-0.39, 0.29) is 24.5 Å². The van der Waals surface area contributed by atoms with Crippen LogP contribution in [0, 0.1) is 0 Å².